The second-order valence-electron chi connectivity index (χ2n) is 6.06. The van der Waals surface area contributed by atoms with Crippen LogP contribution >= 0.6 is 11.8 Å². The van der Waals surface area contributed by atoms with E-state index in [2.05, 4.69) is 0 Å². The van der Waals surface area contributed by atoms with E-state index in [1.165, 1.54) is 0 Å². The van der Waals surface area contributed by atoms with Crippen molar-refractivity contribution in [2.24, 2.45) is 0 Å². The molecule has 1 atom stereocenters. The summed E-state index contributed by atoms with van der Waals surface area (Å²) in [5.41, 5.74) is 0.616. The van der Waals surface area contributed by atoms with Gasteiger partial charge < -0.3 is 14.2 Å². The number of nitrogens with zero attached hydrogens (tertiary/aromatic N) is 2. The lowest BCUT2D eigenvalue weighted by atomic mass is 10.2. The second-order valence-corrected chi connectivity index (χ2v) is 7.06. The molecule has 154 valence electrons. The van der Waals surface area contributed by atoms with Gasteiger partial charge in [0.05, 0.1) is 17.6 Å². The average molecular weight is 418 g/mol. The predicted molar refractivity (Wildman–Crippen MR) is 107 cm³/mol. The summed E-state index contributed by atoms with van der Waals surface area (Å²) < 4.78 is 16.0. The Morgan fingerprint density at radius 1 is 1.28 bits per heavy atom. The smallest absolute Gasteiger partial charge is 0.326 e. The molecule has 0 N–H and O–H groups in total. The number of hydrogen-bond acceptors (Lipinski definition) is 8. The van der Waals surface area contributed by atoms with Crippen LogP contribution in [0.4, 0.5) is 4.79 Å². The fourth-order valence-electron chi connectivity index (χ4n) is 2.37. The van der Waals surface area contributed by atoms with Gasteiger partial charge in [0.25, 0.3) is 11.1 Å². The van der Waals surface area contributed by atoms with Gasteiger partial charge in [0.15, 0.2) is 18.1 Å². The number of amides is 2. The molecule has 0 aliphatic carbocycles. The average Bonchev–Trinajstić information content (AvgIpc) is 2.94. The van der Waals surface area contributed by atoms with E-state index in [1.807, 2.05) is 19.9 Å². The van der Waals surface area contributed by atoms with E-state index in [0.29, 0.717) is 30.1 Å². The number of nitriles is 1. The van der Waals surface area contributed by atoms with Crippen molar-refractivity contribution in [1.82, 2.24) is 4.90 Å². The van der Waals surface area contributed by atoms with Crippen LogP contribution in [0.25, 0.3) is 6.08 Å². The van der Waals surface area contributed by atoms with Crippen molar-refractivity contribution in [3.63, 3.8) is 0 Å². The Hall–Kier alpha value is -2.99. The molecular formula is C20H22N2O6S. The fraction of sp³-hybridized carbons (Fsp3) is 0.400. The van der Waals surface area contributed by atoms with Gasteiger partial charge in [-0.25, -0.2) is 0 Å². The number of ether oxygens (including phenoxy) is 3. The summed E-state index contributed by atoms with van der Waals surface area (Å²) in [5.74, 6) is -0.344. The zero-order valence-corrected chi connectivity index (χ0v) is 17.3. The van der Waals surface area contributed by atoms with Gasteiger partial charge in [0.1, 0.15) is 12.6 Å². The van der Waals surface area contributed by atoms with Gasteiger partial charge in [0, 0.05) is 0 Å². The minimum Gasteiger partial charge on any atom is -0.490 e. The van der Waals surface area contributed by atoms with Crippen molar-refractivity contribution >= 4 is 35.0 Å². The summed E-state index contributed by atoms with van der Waals surface area (Å²) in [6, 6.07) is 6.85. The fourth-order valence-corrected chi connectivity index (χ4v) is 3.21. The molecule has 29 heavy (non-hydrogen) atoms. The molecule has 9 heteroatoms. The normalized spacial score (nSPS) is 15.9. The minimum atomic E-state index is -0.625. The van der Waals surface area contributed by atoms with Crippen LogP contribution in [0.3, 0.4) is 0 Å². The summed E-state index contributed by atoms with van der Waals surface area (Å²) in [6.45, 7) is 5.27. The highest BCUT2D eigenvalue weighted by Gasteiger charge is 2.36. The third-order valence-corrected chi connectivity index (χ3v) is 4.83. The maximum atomic E-state index is 12.5. The summed E-state index contributed by atoms with van der Waals surface area (Å²) in [5, 5.41) is 8.13. The van der Waals surface area contributed by atoms with E-state index in [1.54, 1.807) is 31.2 Å². The van der Waals surface area contributed by atoms with Crippen LogP contribution in [0.1, 0.15) is 32.8 Å². The molecule has 1 saturated heterocycles. The number of rotatable bonds is 9. The van der Waals surface area contributed by atoms with Gasteiger partial charge in [-0.15, -0.1) is 0 Å². The SMILES string of the molecule is CCOc1cc(/C=C2\SC(=O)N(CC(=O)O[C@@H](C)CC)C2=O)ccc1OCC#N. The lowest BCUT2D eigenvalue weighted by Crippen LogP contribution is -2.35. The third-order valence-electron chi connectivity index (χ3n) is 3.93. The molecule has 1 aromatic carbocycles. The zero-order valence-electron chi connectivity index (χ0n) is 16.5. The van der Waals surface area contributed by atoms with Gasteiger partial charge >= 0.3 is 5.97 Å². The van der Waals surface area contributed by atoms with Gasteiger partial charge in [-0.1, -0.05) is 13.0 Å². The largest absolute Gasteiger partial charge is 0.490 e. The maximum Gasteiger partial charge on any atom is 0.326 e. The van der Waals surface area contributed by atoms with Gasteiger partial charge in [0.2, 0.25) is 0 Å². The number of imide groups is 1. The van der Waals surface area contributed by atoms with Crippen LogP contribution in [0, 0.1) is 11.3 Å². The number of carbonyl (C=O) groups excluding carboxylic acids is 3. The van der Waals surface area contributed by atoms with Crippen LogP contribution in [-0.2, 0) is 14.3 Å². The van der Waals surface area contributed by atoms with E-state index >= 15 is 0 Å². The van der Waals surface area contributed by atoms with E-state index in [-0.39, 0.29) is 17.6 Å². The standard InChI is InChI=1S/C20H22N2O6S/c1-4-13(3)28-18(23)12-22-19(24)17(29-20(22)25)11-14-6-7-15(27-9-8-21)16(10-14)26-5-2/h6-7,10-11,13H,4-5,9,12H2,1-3H3/b17-11-/t13-/m0/s1. The minimum absolute atomic E-state index is 0.120. The summed E-state index contributed by atoms with van der Waals surface area (Å²) in [7, 11) is 0. The Labute approximate surface area is 173 Å². The van der Waals surface area contributed by atoms with Crippen LogP contribution < -0.4 is 9.47 Å². The summed E-state index contributed by atoms with van der Waals surface area (Å²) in [4.78, 5) is 37.7. The van der Waals surface area contributed by atoms with Crippen LogP contribution in [0.15, 0.2) is 23.1 Å². The van der Waals surface area contributed by atoms with Gasteiger partial charge in [-0.2, -0.15) is 5.26 Å². The first-order valence-electron chi connectivity index (χ1n) is 9.11. The van der Waals surface area contributed by atoms with Crippen molar-refractivity contribution in [1.29, 1.82) is 5.26 Å². The zero-order chi connectivity index (χ0) is 21.4. The molecule has 1 heterocycles. The van der Waals surface area contributed by atoms with E-state index in [0.717, 1.165) is 16.7 Å². The molecule has 0 saturated carbocycles. The Morgan fingerprint density at radius 2 is 2.03 bits per heavy atom. The van der Waals surface area contributed by atoms with Crippen LogP contribution in [0.2, 0.25) is 0 Å². The monoisotopic (exact) mass is 418 g/mol. The first-order valence-corrected chi connectivity index (χ1v) is 9.92. The number of hydrogen-bond donors (Lipinski definition) is 0. The highest BCUT2D eigenvalue weighted by molar-refractivity contribution is 8.18. The van der Waals surface area contributed by atoms with Crippen LogP contribution in [-0.4, -0.2) is 47.9 Å². The molecule has 0 bridgehead atoms. The Morgan fingerprint density at radius 3 is 2.69 bits per heavy atom. The highest BCUT2D eigenvalue weighted by Crippen LogP contribution is 2.34. The Balaban J connectivity index is 2.17. The van der Waals surface area contributed by atoms with E-state index in [9.17, 15) is 14.4 Å². The summed E-state index contributed by atoms with van der Waals surface area (Å²) >= 11 is 0.756. The van der Waals surface area contributed by atoms with Crippen molar-refractivity contribution in [2.75, 3.05) is 19.8 Å². The molecule has 0 spiro atoms. The second kappa shape index (κ2) is 10.5. The first-order chi connectivity index (χ1) is 13.9. The molecule has 2 rings (SSSR count). The maximum absolute atomic E-state index is 12.5. The molecule has 1 aliphatic rings. The van der Waals surface area contributed by atoms with E-state index in [4.69, 9.17) is 19.5 Å². The molecule has 1 fully saturated rings. The number of benzene rings is 1. The molecule has 0 radical (unpaired) electrons. The number of esters is 1. The Bertz CT molecular complexity index is 861. The van der Waals surface area contributed by atoms with Crippen molar-refractivity contribution in [2.45, 2.75) is 33.3 Å². The van der Waals surface area contributed by atoms with Gasteiger partial charge in [-0.3, -0.25) is 19.3 Å². The van der Waals surface area contributed by atoms with E-state index < -0.39 is 23.7 Å². The number of thioether (sulfide) groups is 1. The quantitative estimate of drug-likeness (QED) is 0.444. The number of carbonyl (C=O) groups is 3. The van der Waals surface area contributed by atoms with Gasteiger partial charge in [-0.05, 0) is 55.8 Å². The van der Waals surface area contributed by atoms with Crippen molar-refractivity contribution in [3.05, 3.63) is 28.7 Å². The Kier molecular flexibility index (Phi) is 8.09. The van der Waals surface area contributed by atoms with Crippen molar-refractivity contribution in [3.8, 4) is 17.6 Å². The third kappa shape index (κ3) is 5.99. The molecule has 1 aromatic rings. The molecule has 8 nitrogen and oxygen atoms in total. The van der Waals surface area contributed by atoms with Crippen molar-refractivity contribution < 1.29 is 28.6 Å². The lowest BCUT2D eigenvalue weighted by molar-refractivity contribution is -0.150. The lowest BCUT2D eigenvalue weighted by Gasteiger charge is -2.14. The first kappa shape index (κ1) is 22.3. The molecule has 2 amide bonds. The molecular weight excluding hydrogens is 396 g/mol. The molecule has 0 aromatic heterocycles. The molecule has 1 aliphatic heterocycles. The summed E-state index contributed by atoms with van der Waals surface area (Å²) in [6.07, 6.45) is 1.90. The highest BCUT2D eigenvalue weighted by atomic mass is 32.2. The topological polar surface area (TPSA) is 106 Å². The molecule has 0 unspecified atom stereocenters. The van der Waals surface area contributed by atoms with Crippen LogP contribution in [0.5, 0.6) is 11.5 Å². The predicted octanol–water partition coefficient (Wildman–Crippen LogP) is 3.37.